The van der Waals surface area contributed by atoms with E-state index in [1.807, 2.05) is 61.5 Å². The Kier molecular flexibility index (Phi) is 7.60. The molecule has 208 valence electrons. The van der Waals surface area contributed by atoms with Gasteiger partial charge >= 0.3 is 0 Å². The van der Waals surface area contributed by atoms with Crippen LogP contribution in [0.5, 0.6) is 5.75 Å². The molecule has 0 radical (unpaired) electrons. The Bertz CT molecular complexity index is 2070. The van der Waals surface area contributed by atoms with Crippen LogP contribution in [0.4, 0.5) is 5.69 Å². The summed E-state index contributed by atoms with van der Waals surface area (Å²) in [5.74, 6) is 0.638. The van der Waals surface area contributed by atoms with Crippen LogP contribution < -0.4 is 15.6 Å². The number of halogens is 2. The van der Waals surface area contributed by atoms with Gasteiger partial charge in [-0.3, -0.25) is 9.59 Å². The Morgan fingerprint density at radius 2 is 1.88 bits per heavy atom. The monoisotopic (exact) mass is 640 g/mol. The van der Waals surface area contributed by atoms with Gasteiger partial charge in [-0.05, 0) is 73.2 Å². The molecule has 8 nitrogen and oxygen atoms in total. The van der Waals surface area contributed by atoms with Gasteiger partial charge in [-0.2, -0.15) is 9.78 Å². The third kappa shape index (κ3) is 5.70. The van der Waals surface area contributed by atoms with Crippen molar-refractivity contribution in [3.63, 3.8) is 0 Å². The maximum Gasteiger partial charge on any atom is 0.282 e. The largest absolute Gasteiger partial charge is 0.483 e. The van der Waals surface area contributed by atoms with Crippen molar-refractivity contribution in [2.45, 2.75) is 6.92 Å². The number of rotatable bonds is 7. The van der Waals surface area contributed by atoms with E-state index < -0.39 is 0 Å². The molecular formula is C32H22BrClN4O4. The first-order chi connectivity index (χ1) is 20.4. The van der Waals surface area contributed by atoms with Crippen LogP contribution in [0.15, 0.2) is 110 Å². The minimum atomic E-state index is -0.379. The lowest BCUT2D eigenvalue weighted by Gasteiger charge is -2.11. The molecule has 0 bridgehead atoms. The summed E-state index contributed by atoms with van der Waals surface area (Å²) in [6.45, 7) is 1.67. The number of anilines is 1. The minimum absolute atomic E-state index is 0.226. The topological polar surface area (TPSA) is 98.7 Å². The van der Waals surface area contributed by atoms with E-state index in [1.165, 1.54) is 10.9 Å². The van der Waals surface area contributed by atoms with Gasteiger partial charge in [0.05, 0.1) is 17.1 Å². The molecule has 0 atom stereocenters. The zero-order valence-corrected chi connectivity index (χ0v) is 24.5. The second-order valence-corrected chi connectivity index (χ2v) is 10.8. The number of amides is 1. The average molecular weight is 642 g/mol. The highest BCUT2D eigenvalue weighted by molar-refractivity contribution is 9.10. The maximum absolute atomic E-state index is 13.6. The Hall–Kier alpha value is -4.73. The van der Waals surface area contributed by atoms with E-state index in [0.717, 1.165) is 15.4 Å². The van der Waals surface area contributed by atoms with E-state index in [1.54, 1.807) is 36.4 Å². The molecule has 4 aromatic carbocycles. The zero-order chi connectivity index (χ0) is 29.2. The van der Waals surface area contributed by atoms with Crippen LogP contribution in [0.2, 0.25) is 5.02 Å². The summed E-state index contributed by atoms with van der Waals surface area (Å²) in [6, 6.07) is 26.9. The number of benzene rings is 4. The van der Waals surface area contributed by atoms with Gasteiger partial charge in [0.2, 0.25) is 5.82 Å². The predicted octanol–water partition coefficient (Wildman–Crippen LogP) is 7.43. The van der Waals surface area contributed by atoms with E-state index in [9.17, 15) is 9.59 Å². The van der Waals surface area contributed by atoms with Crippen molar-refractivity contribution in [1.29, 1.82) is 0 Å². The van der Waals surface area contributed by atoms with Crippen molar-refractivity contribution in [2.75, 3.05) is 11.9 Å². The SMILES string of the molecule is Cc1ccccc1NC(=O)COc1ccc(Cl)cc1C=Nn1c(-c2cc3cc(Br)ccc3o2)nc2ccccc2c1=O. The van der Waals surface area contributed by atoms with Crippen LogP contribution in [0.25, 0.3) is 33.5 Å². The van der Waals surface area contributed by atoms with Gasteiger partial charge < -0.3 is 14.5 Å². The predicted molar refractivity (Wildman–Crippen MR) is 169 cm³/mol. The highest BCUT2D eigenvalue weighted by Gasteiger charge is 2.17. The molecule has 6 aromatic rings. The summed E-state index contributed by atoms with van der Waals surface area (Å²) in [5.41, 5.74) is 2.88. The van der Waals surface area contributed by atoms with Crippen LogP contribution in [0.1, 0.15) is 11.1 Å². The fraction of sp³-hybridized carbons (Fsp3) is 0.0625. The van der Waals surface area contributed by atoms with Crippen molar-refractivity contribution in [3.05, 3.63) is 122 Å². The quantitative estimate of drug-likeness (QED) is 0.183. The number of aryl methyl sites for hydroxylation is 1. The highest BCUT2D eigenvalue weighted by Crippen LogP contribution is 2.29. The van der Waals surface area contributed by atoms with Crippen LogP contribution in [0.3, 0.4) is 0 Å². The molecule has 42 heavy (non-hydrogen) atoms. The number of hydrogen-bond donors (Lipinski definition) is 1. The lowest BCUT2D eigenvalue weighted by molar-refractivity contribution is -0.118. The molecule has 2 heterocycles. The number of hydrogen-bond acceptors (Lipinski definition) is 6. The summed E-state index contributed by atoms with van der Waals surface area (Å²) in [7, 11) is 0. The molecule has 2 aromatic heterocycles. The number of furan rings is 1. The van der Waals surface area contributed by atoms with Crippen LogP contribution in [0, 0.1) is 6.92 Å². The third-order valence-electron chi connectivity index (χ3n) is 6.51. The number of fused-ring (bicyclic) bond motifs is 2. The van der Waals surface area contributed by atoms with Crippen molar-refractivity contribution >= 4 is 67.2 Å². The van der Waals surface area contributed by atoms with Gasteiger partial charge in [0.15, 0.2) is 12.4 Å². The number of nitrogens with zero attached hydrogens (tertiary/aromatic N) is 3. The molecule has 0 aliphatic rings. The average Bonchev–Trinajstić information content (AvgIpc) is 3.40. The number of aromatic nitrogens is 2. The second kappa shape index (κ2) is 11.6. The molecule has 0 aliphatic carbocycles. The van der Waals surface area contributed by atoms with Gasteiger partial charge in [0, 0.05) is 26.1 Å². The molecule has 0 saturated carbocycles. The molecule has 0 aliphatic heterocycles. The Morgan fingerprint density at radius 3 is 2.74 bits per heavy atom. The lowest BCUT2D eigenvalue weighted by Crippen LogP contribution is -2.21. The summed E-state index contributed by atoms with van der Waals surface area (Å²) in [4.78, 5) is 30.9. The summed E-state index contributed by atoms with van der Waals surface area (Å²) in [6.07, 6.45) is 1.45. The molecule has 6 rings (SSSR count). The molecule has 0 fully saturated rings. The molecule has 1 amide bonds. The maximum atomic E-state index is 13.6. The van der Waals surface area contributed by atoms with E-state index in [4.69, 9.17) is 25.7 Å². The van der Waals surface area contributed by atoms with Gasteiger partial charge in [-0.15, -0.1) is 0 Å². The number of para-hydroxylation sites is 2. The number of carbonyl (C=O) groups excluding carboxylic acids is 1. The molecule has 1 N–H and O–H groups in total. The number of ether oxygens (including phenoxy) is 1. The summed E-state index contributed by atoms with van der Waals surface area (Å²) in [5, 5.41) is 9.02. The first-order valence-corrected chi connectivity index (χ1v) is 14.1. The van der Waals surface area contributed by atoms with Gasteiger partial charge in [0.1, 0.15) is 11.3 Å². The fourth-order valence-corrected chi connectivity index (χ4v) is 4.99. The van der Waals surface area contributed by atoms with E-state index in [-0.39, 0.29) is 23.9 Å². The number of nitrogens with one attached hydrogen (secondary N) is 1. The van der Waals surface area contributed by atoms with E-state index in [2.05, 4.69) is 26.3 Å². The third-order valence-corrected chi connectivity index (χ3v) is 7.24. The van der Waals surface area contributed by atoms with Crippen molar-refractivity contribution in [1.82, 2.24) is 9.66 Å². The van der Waals surface area contributed by atoms with Crippen LogP contribution in [-0.2, 0) is 4.79 Å². The molecule has 10 heteroatoms. The normalized spacial score (nSPS) is 11.4. The van der Waals surface area contributed by atoms with Crippen LogP contribution in [-0.4, -0.2) is 28.4 Å². The summed E-state index contributed by atoms with van der Waals surface area (Å²) >= 11 is 9.76. The lowest BCUT2D eigenvalue weighted by atomic mass is 10.2. The van der Waals surface area contributed by atoms with Gasteiger partial charge in [-0.1, -0.05) is 57.9 Å². The van der Waals surface area contributed by atoms with Gasteiger partial charge in [-0.25, -0.2) is 4.98 Å². The van der Waals surface area contributed by atoms with Gasteiger partial charge in [0.25, 0.3) is 11.5 Å². The highest BCUT2D eigenvalue weighted by atomic mass is 79.9. The first-order valence-electron chi connectivity index (χ1n) is 12.9. The van der Waals surface area contributed by atoms with Crippen LogP contribution >= 0.6 is 27.5 Å². The smallest absolute Gasteiger partial charge is 0.282 e. The Labute approximate surface area is 253 Å². The number of carbonyl (C=O) groups is 1. The fourth-order valence-electron chi connectivity index (χ4n) is 4.43. The first kappa shape index (κ1) is 27.4. The van der Waals surface area contributed by atoms with Crippen molar-refractivity contribution in [3.8, 4) is 17.3 Å². The van der Waals surface area contributed by atoms with E-state index >= 15 is 0 Å². The van der Waals surface area contributed by atoms with Crippen molar-refractivity contribution < 1.29 is 13.9 Å². The zero-order valence-electron chi connectivity index (χ0n) is 22.2. The second-order valence-electron chi connectivity index (χ2n) is 9.44. The van der Waals surface area contributed by atoms with E-state index in [0.29, 0.717) is 44.3 Å². The molecule has 0 unspecified atom stereocenters. The Morgan fingerprint density at radius 1 is 1.07 bits per heavy atom. The summed E-state index contributed by atoms with van der Waals surface area (Å²) < 4.78 is 14.0. The molecule has 0 spiro atoms. The Balaban J connectivity index is 1.36. The van der Waals surface area contributed by atoms with Crippen molar-refractivity contribution in [2.24, 2.45) is 5.10 Å². The standard InChI is InChI=1S/C32H22BrClN4O4/c1-19-6-2-4-8-25(19)36-30(39)18-41-27-13-11-23(34)15-21(27)17-35-38-31(37-26-9-5-3-7-24(26)32(38)40)29-16-20-14-22(33)10-12-28(20)42-29/h2-17H,18H2,1H3,(H,36,39). The minimum Gasteiger partial charge on any atom is -0.483 e. The molecular weight excluding hydrogens is 620 g/mol. The molecule has 0 saturated heterocycles.